The minimum atomic E-state index is -3.11. The van der Waals surface area contributed by atoms with Gasteiger partial charge in [0, 0.05) is 37.8 Å². The summed E-state index contributed by atoms with van der Waals surface area (Å²) in [6.45, 7) is 3.23. The van der Waals surface area contributed by atoms with E-state index in [-0.39, 0.29) is 18.1 Å². The number of sulfonamides is 1. The van der Waals surface area contributed by atoms with Crippen LogP contribution < -0.4 is 10.6 Å². The van der Waals surface area contributed by atoms with Gasteiger partial charge in [-0.15, -0.1) is 0 Å². The number of nitrogens with zero attached hydrogens (tertiary/aromatic N) is 2. The highest BCUT2D eigenvalue weighted by Crippen LogP contribution is 2.27. The van der Waals surface area contributed by atoms with Crippen LogP contribution in [0, 0.1) is 0 Å². The van der Waals surface area contributed by atoms with Crippen molar-refractivity contribution in [1.29, 1.82) is 0 Å². The number of fused-ring (bicyclic) bond motifs is 1. The summed E-state index contributed by atoms with van der Waals surface area (Å²) in [5, 5.41) is 6.17. The molecule has 0 aliphatic carbocycles. The minimum absolute atomic E-state index is 0.0665. The van der Waals surface area contributed by atoms with Crippen molar-refractivity contribution in [3.63, 3.8) is 0 Å². The van der Waals surface area contributed by atoms with Crippen LogP contribution in [0.1, 0.15) is 38.5 Å². The first-order valence-corrected chi connectivity index (χ1v) is 10.5. The number of urea groups is 1. The lowest BCUT2D eigenvalue weighted by molar-refractivity contribution is 0.177. The van der Waals surface area contributed by atoms with Crippen molar-refractivity contribution < 1.29 is 13.2 Å². The van der Waals surface area contributed by atoms with Gasteiger partial charge in [0.25, 0.3) is 0 Å². The predicted molar refractivity (Wildman–Crippen MR) is 88.7 cm³/mol. The SMILES string of the molecule is CS(=O)(=O)N1CCC(NC(=O)N[C@H]2CCN3CCCC[C@@H]23)CC1. The third kappa shape index (κ3) is 4.16. The molecule has 3 aliphatic rings. The molecule has 3 saturated heterocycles. The van der Waals surface area contributed by atoms with Crippen molar-refractivity contribution in [2.75, 3.05) is 32.4 Å². The third-order valence-electron chi connectivity index (χ3n) is 5.43. The van der Waals surface area contributed by atoms with Crippen LogP contribution >= 0.6 is 0 Å². The van der Waals surface area contributed by atoms with E-state index in [1.54, 1.807) is 0 Å². The molecule has 23 heavy (non-hydrogen) atoms. The fraction of sp³-hybridized carbons (Fsp3) is 0.933. The summed E-state index contributed by atoms with van der Waals surface area (Å²) in [4.78, 5) is 14.7. The molecule has 2 N–H and O–H groups in total. The van der Waals surface area contributed by atoms with E-state index in [0.29, 0.717) is 32.0 Å². The monoisotopic (exact) mass is 344 g/mol. The van der Waals surface area contributed by atoms with E-state index in [4.69, 9.17) is 0 Å². The number of amides is 2. The van der Waals surface area contributed by atoms with E-state index in [1.165, 1.54) is 29.8 Å². The molecule has 0 radical (unpaired) electrons. The van der Waals surface area contributed by atoms with Gasteiger partial charge in [0.2, 0.25) is 10.0 Å². The molecule has 0 unspecified atom stereocenters. The van der Waals surface area contributed by atoms with Crippen LogP contribution in [0.2, 0.25) is 0 Å². The zero-order valence-electron chi connectivity index (χ0n) is 13.8. The first-order chi connectivity index (χ1) is 10.9. The Labute approximate surface area is 138 Å². The zero-order valence-corrected chi connectivity index (χ0v) is 14.6. The fourth-order valence-corrected chi connectivity index (χ4v) is 5.02. The van der Waals surface area contributed by atoms with Crippen LogP contribution in [0.4, 0.5) is 4.79 Å². The number of carbonyl (C=O) groups is 1. The summed E-state index contributed by atoms with van der Waals surface area (Å²) < 4.78 is 24.5. The summed E-state index contributed by atoms with van der Waals surface area (Å²) in [7, 11) is -3.11. The third-order valence-corrected chi connectivity index (χ3v) is 6.73. The first-order valence-electron chi connectivity index (χ1n) is 8.70. The summed E-state index contributed by atoms with van der Waals surface area (Å²) in [5.74, 6) is 0. The molecular weight excluding hydrogens is 316 g/mol. The number of piperidine rings is 2. The second-order valence-electron chi connectivity index (χ2n) is 7.05. The molecule has 0 saturated carbocycles. The maximum absolute atomic E-state index is 12.2. The number of nitrogens with one attached hydrogen (secondary N) is 2. The van der Waals surface area contributed by atoms with Gasteiger partial charge in [0.05, 0.1) is 6.26 Å². The van der Waals surface area contributed by atoms with Crippen LogP contribution in [0.5, 0.6) is 0 Å². The van der Waals surface area contributed by atoms with E-state index in [2.05, 4.69) is 15.5 Å². The standard InChI is InChI=1S/C15H28N4O3S/c1-23(21,22)19-10-5-12(6-11-19)16-15(20)17-13-7-9-18-8-3-2-4-14(13)18/h12-14H,2-11H2,1H3,(H2,16,17,20)/t13-,14-/m0/s1. The Morgan fingerprint density at radius 1 is 0.957 bits per heavy atom. The van der Waals surface area contributed by atoms with Crippen molar-refractivity contribution in [2.24, 2.45) is 0 Å². The van der Waals surface area contributed by atoms with E-state index >= 15 is 0 Å². The smallest absolute Gasteiger partial charge is 0.315 e. The average Bonchev–Trinajstić information content (AvgIpc) is 2.90. The normalized spacial score (nSPS) is 30.8. The molecule has 3 fully saturated rings. The molecule has 2 amide bonds. The topological polar surface area (TPSA) is 81.8 Å². The van der Waals surface area contributed by atoms with Gasteiger partial charge in [-0.25, -0.2) is 17.5 Å². The van der Waals surface area contributed by atoms with Crippen molar-refractivity contribution in [3.8, 4) is 0 Å². The van der Waals surface area contributed by atoms with Gasteiger partial charge >= 0.3 is 6.03 Å². The molecule has 132 valence electrons. The molecular formula is C15H28N4O3S. The van der Waals surface area contributed by atoms with Crippen LogP contribution in [0.3, 0.4) is 0 Å². The summed E-state index contributed by atoms with van der Waals surface area (Å²) in [6.07, 6.45) is 7.34. The van der Waals surface area contributed by atoms with E-state index in [9.17, 15) is 13.2 Å². The van der Waals surface area contributed by atoms with Crippen molar-refractivity contribution >= 4 is 16.1 Å². The molecule has 0 aromatic heterocycles. The molecule has 3 rings (SSSR count). The van der Waals surface area contributed by atoms with Crippen molar-refractivity contribution in [2.45, 2.75) is 56.7 Å². The molecule has 0 aromatic rings. The van der Waals surface area contributed by atoms with Gasteiger partial charge in [-0.1, -0.05) is 6.42 Å². The highest BCUT2D eigenvalue weighted by molar-refractivity contribution is 7.88. The van der Waals surface area contributed by atoms with Crippen LogP contribution in [0.25, 0.3) is 0 Å². The largest absolute Gasteiger partial charge is 0.335 e. The molecule has 3 aliphatic heterocycles. The summed E-state index contributed by atoms with van der Waals surface area (Å²) >= 11 is 0. The van der Waals surface area contributed by atoms with Gasteiger partial charge in [-0.3, -0.25) is 4.90 Å². The number of hydrogen-bond acceptors (Lipinski definition) is 4. The van der Waals surface area contributed by atoms with E-state index in [1.807, 2.05) is 0 Å². The highest BCUT2D eigenvalue weighted by Gasteiger charge is 2.36. The maximum atomic E-state index is 12.2. The zero-order chi connectivity index (χ0) is 16.4. The molecule has 7 nitrogen and oxygen atoms in total. The Kier molecular flexibility index (Phi) is 5.13. The molecule has 0 spiro atoms. The van der Waals surface area contributed by atoms with Crippen LogP contribution in [-0.2, 0) is 10.0 Å². The van der Waals surface area contributed by atoms with E-state index < -0.39 is 10.0 Å². The number of rotatable bonds is 3. The van der Waals surface area contributed by atoms with E-state index in [0.717, 1.165) is 19.5 Å². The Balaban J connectivity index is 1.44. The van der Waals surface area contributed by atoms with Gasteiger partial charge in [-0.2, -0.15) is 0 Å². The molecule has 2 atom stereocenters. The number of hydrogen-bond donors (Lipinski definition) is 2. The Bertz CT molecular complexity index is 531. The fourth-order valence-electron chi connectivity index (χ4n) is 4.14. The Morgan fingerprint density at radius 3 is 2.39 bits per heavy atom. The van der Waals surface area contributed by atoms with Crippen LogP contribution in [-0.4, -0.2) is 74.2 Å². The average molecular weight is 344 g/mol. The predicted octanol–water partition coefficient (Wildman–Crippen LogP) is 0.336. The van der Waals surface area contributed by atoms with Crippen molar-refractivity contribution in [1.82, 2.24) is 19.8 Å². The molecule has 3 heterocycles. The molecule has 0 bridgehead atoms. The first kappa shape index (κ1) is 17.0. The number of carbonyl (C=O) groups excluding carboxylic acids is 1. The van der Waals surface area contributed by atoms with Crippen molar-refractivity contribution in [3.05, 3.63) is 0 Å². The van der Waals surface area contributed by atoms with Gasteiger partial charge in [0.1, 0.15) is 0 Å². The second kappa shape index (κ2) is 6.94. The minimum Gasteiger partial charge on any atom is -0.335 e. The second-order valence-corrected chi connectivity index (χ2v) is 9.03. The highest BCUT2D eigenvalue weighted by atomic mass is 32.2. The summed E-state index contributed by atoms with van der Waals surface area (Å²) in [6, 6.07) is 0.727. The summed E-state index contributed by atoms with van der Waals surface area (Å²) in [5.41, 5.74) is 0. The van der Waals surface area contributed by atoms with Gasteiger partial charge in [-0.05, 0) is 38.6 Å². The van der Waals surface area contributed by atoms with Gasteiger partial charge in [0.15, 0.2) is 0 Å². The lowest BCUT2D eigenvalue weighted by Crippen LogP contribution is -2.53. The quantitative estimate of drug-likeness (QED) is 0.773. The lowest BCUT2D eigenvalue weighted by atomic mass is 9.99. The Morgan fingerprint density at radius 2 is 1.70 bits per heavy atom. The molecule has 8 heteroatoms. The van der Waals surface area contributed by atoms with Gasteiger partial charge < -0.3 is 10.6 Å². The van der Waals surface area contributed by atoms with Crippen LogP contribution in [0.15, 0.2) is 0 Å². The lowest BCUT2D eigenvalue weighted by Gasteiger charge is -2.33. The molecule has 0 aromatic carbocycles. The Hall–Kier alpha value is -0.860. The maximum Gasteiger partial charge on any atom is 0.315 e.